The maximum absolute atomic E-state index is 4.52. The largest absolute Gasteiger partial charge is 0.274 e. The highest BCUT2D eigenvalue weighted by Gasteiger charge is 2.28. The number of fused-ring (bicyclic) bond motifs is 8. The lowest BCUT2D eigenvalue weighted by atomic mass is 10.0. The Morgan fingerprint density at radius 3 is 1.76 bits per heavy atom. The summed E-state index contributed by atoms with van der Waals surface area (Å²) in [5, 5.41) is 34.6. The maximum Gasteiger partial charge on any atom is 0.274 e. The van der Waals surface area contributed by atoms with Crippen LogP contribution in [-0.2, 0) is 0 Å². The first kappa shape index (κ1) is 8.68. The van der Waals surface area contributed by atoms with Crippen molar-refractivity contribution in [2.24, 2.45) is 0 Å². The number of aromatic nitrogens is 10. The summed E-state index contributed by atoms with van der Waals surface area (Å²) in [5.41, 5.74) is 6.02. The SMILES string of the molecule is n1nc2c1c1nnc3c4nnc4c4c(c2nc2nnn24)c13. The minimum Gasteiger partial charge on any atom is -0.207 e. The number of hydrogen-bond donors (Lipinski definition) is 0. The summed E-state index contributed by atoms with van der Waals surface area (Å²) in [4.78, 5) is 4.52. The number of rotatable bonds is 0. The standard InChI is InChI=1S/C11N10/c12-3-2-1-4(7-6(3)15-16-7)13-14-5(1)8-9(18-17-8)10(2)21-11(12)19-20-21. The molecule has 7 rings (SSSR count). The Morgan fingerprint density at radius 2 is 1.14 bits per heavy atom. The zero-order valence-electron chi connectivity index (χ0n) is 9.97. The molecule has 5 heterocycles. The molecule has 0 aliphatic carbocycles. The fourth-order valence-electron chi connectivity index (χ4n) is 3.16. The Labute approximate surface area is 112 Å². The highest BCUT2D eigenvalue weighted by atomic mass is 15.5. The molecule has 0 saturated carbocycles. The Morgan fingerprint density at radius 1 is 0.524 bits per heavy atom. The zero-order chi connectivity index (χ0) is 13.3. The molecular formula is C11N10. The molecule has 0 atom stereocenters. The van der Waals surface area contributed by atoms with Gasteiger partial charge >= 0.3 is 0 Å². The van der Waals surface area contributed by atoms with Crippen LogP contribution in [0.25, 0.3) is 60.7 Å². The molecule has 0 amide bonds. The second-order valence-electron chi connectivity index (χ2n) is 5.05. The first-order chi connectivity index (χ1) is 10.4. The van der Waals surface area contributed by atoms with Gasteiger partial charge in [0.05, 0.1) is 0 Å². The van der Waals surface area contributed by atoms with Crippen molar-refractivity contribution in [1.82, 2.24) is 50.4 Å². The Balaban J connectivity index is 2.08. The predicted octanol–water partition coefficient (Wildman–Crippen LogP) is 0.0115. The van der Waals surface area contributed by atoms with Gasteiger partial charge in [0.1, 0.15) is 44.1 Å². The Kier molecular flexibility index (Phi) is 0.961. The fraction of sp³-hybridized carbons (Fsp3) is 0. The minimum absolute atomic E-state index is 0.533. The quantitative estimate of drug-likeness (QED) is 0.375. The van der Waals surface area contributed by atoms with Crippen LogP contribution in [-0.4, -0.2) is 50.4 Å². The van der Waals surface area contributed by atoms with Gasteiger partial charge in [0.15, 0.2) is 0 Å². The lowest BCUT2D eigenvalue weighted by Gasteiger charge is -2.14. The summed E-state index contributed by atoms with van der Waals surface area (Å²) in [7, 11) is 0. The van der Waals surface area contributed by atoms with E-state index >= 15 is 0 Å². The van der Waals surface area contributed by atoms with E-state index in [1.807, 2.05) is 0 Å². The highest BCUT2D eigenvalue weighted by Crippen LogP contribution is 2.41. The van der Waals surface area contributed by atoms with E-state index in [4.69, 9.17) is 0 Å². The smallest absolute Gasteiger partial charge is 0.207 e. The molecule has 10 nitrogen and oxygen atoms in total. The predicted molar refractivity (Wildman–Crippen MR) is 69.8 cm³/mol. The Bertz CT molecular complexity index is 1410. The van der Waals surface area contributed by atoms with Crippen LogP contribution in [0.15, 0.2) is 0 Å². The lowest BCUT2D eigenvalue weighted by molar-refractivity contribution is 0.739. The number of hydrogen-bond acceptors (Lipinski definition) is 9. The van der Waals surface area contributed by atoms with Gasteiger partial charge < -0.3 is 0 Å². The summed E-state index contributed by atoms with van der Waals surface area (Å²) in [6.07, 6.45) is 0. The highest BCUT2D eigenvalue weighted by molar-refractivity contribution is 6.36. The third kappa shape index (κ3) is 0.668. The van der Waals surface area contributed by atoms with Crippen LogP contribution in [0.2, 0.25) is 0 Å². The van der Waals surface area contributed by atoms with Crippen molar-refractivity contribution >= 4 is 60.7 Å². The van der Waals surface area contributed by atoms with E-state index in [-0.39, 0.29) is 0 Å². The van der Waals surface area contributed by atoms with Gasteiger partial charge in [-0.3, -0.25) is 0 Å². The van der Waals surface area contributed by atoms with E-state index in [2.05, 4.69) is 45.9 Å². The lowest BCUT2D eigenvalue weighted by Crippen LogP contribution is -2.12. The van der Waals surface area contributed by atoms with E-state index in [1.165, 1.54) is 0 Å². The molecular weight excluding hydrogens is 272 g/mol. The van der Waals surface area contributed by atoms with Crippen LogP contribution in [0.3, 0.4) is 0 Å². The van der Waals surface area contributed by atoms with E-state index in [9.17, 15) is 0 Å². The van der Waals surface area contributed by atoms with Crippen molar-refractivity contribution in [3.05, 3.63) is 0 Å². The van der Waals surface area contributed by atoms with Crippen LogP contribution in [0.1, 0.15) is 0 Å². The fourth-order valence-corrected chi connectivity index (χ4v) is 3.16. The van der Waals surface area contributed by atoms with Gasteiger partial charge in [0.25, 0.3) is 5.78 Å². The van der Waals surface area contributed by atoms with Gasteiger partial charge in [0.2, 0.25) is 0 Å². The van der Waals surface area contributed by atoms with Gasteiger partial charge in [-0.05, 0) is 0 Å². The van der Waals surface area contributed by atoms with Crippen molar-refractivity contribution in [3.8, 4) is 0 Å². The Hall–Kier alpha value is -3.43. The second kappa shape index (κ2) is 2.32. The molecule has 10 heteroatoms. The summed E-state index contributed by atoms with van der Waals surface area (Å²) >= 11 is 0. The first-order valence-electron chi connectivity index (χ1n) is 6.21. The molecule has 0 unspecified atom stereocenters. The van der Waals surface area contributed by atoms with Crippen LogP contribution < -0.4 is 0 Å². The number of nitrogens with zero attached hydrogens (tertiary/aromatic N) is 10. The van der Waals surface area contributed by atoms with Gasteiger partial charge in [-0.2, -0.15) is 4.52 Å². The van der Waals surface area contributed by atoms with E-state index in [1.54, 1.807) is 4.52 Å². The first-order valence-corrected chi connectivity index (χ1v) is 6.21. The van der Waals surface area contributed by atoms with Crippen molar-refractivity contribution in [2.45, 2.75) is 0 Å². The van der Waals surface area contributed by atoms with E-state index in [0.29, 0.717) is 5.78 Å². The van der Waals surface area contributed by atoms with Crippen molar-refractivity contribution in [3.63, 3.8) is 0 Å². The second-order valence-corrected chi connectivity index (χ2v) is 5.05. The molecule has 0 radical (unpaired) electrons. The van der Waals surface area contributed by atoms with Crippen molar-refractivity contribution < 1.29 is 0 Å². The molecule has 7 aromatic rings. The van der Waals surface area contributed by atoms with Crippen LogP contribution in [0.5, 0.6) is 0 Å². The zero-order valence-corrected chi connectivity index (χ0v) is 9.97. The van der Waals surface area contributed by atoms with Crippen LogP contribution in [0, 0.1) is 0 Å². The molecule has 94 valence electrons. The third-order valence-corrected chi connectivity index (χ3v) is 4.13. The summed E-state index contributed by atoms with van der Waals surface area (Å²) in [6, 6.07) is 0. The molecule has 5 aromatic heterocycles. The van der Waals surface area contributed by atoms with Crippen LogP contribution >= 0.6 is 0 Å². The van der Waals surface area contributed by atoms with Crippen molar-refractivity contribution in [1.29, 1.82) is 0 Å². The number of benzene rings is 2. The molecule has 0 fully saturated rings. The molecule has 0 aliphatic heterocycles. The van der Waals surface area contributed by atoms with Crippen LogP contribution in [0.4, 0.5) is 0 Å². The van der Waals surface area contributed by atoms with E-state index in [0.717, 1.165) is 54.9 Å². The topological polar surface area (TPSA) is 120 Å². The third-order valence-electron chi connectivity index (χ3n) is 4.13. The van der Waals surface area contributed by atoms with Gasteiger partial charge in [-0.15, -0.1) is 30.6 Å². The van der Waals surface area contributed by atoms with E-state index < -0.39 is 0 Å². The molecule has 21 heavy (non-hydrogen) atoms. The summed E-state index contributed by atoms with van der Waals surface area (Å²) in [6.45, 7) is 0. The minimum atomic E-state index is 0.533. The summed E-state index contributed by atoms with van der Waals surface area (Å²) in [5.74, 6) is 0.533. The monoisotopic (exact) mass is 272 g/mol. The molecule has 0 spiro atoms. The van der Waals surface area contributed by atoms with Gasteiger partial charge in [-0.25, -0.2) is 4.98 Å². The average Bonchev–Trinajstić information content (AvgIpc) is 2.74. The van der Waals surface area contributed by atoms with Gasteiger partial charge in [0, 0.05) is 10.8 Å². The van der Waals surface area contributed by atoms with Crippen molar-refractivity contribution in [2.75, 3.05) is 0 Å². The summed E-state index contributed by atoms with van der Waals surface area (Å²) < 4.78 is 1.67. The molecule has 0 bridgehead atoms. The molecule has 0 aliphatic rings. The molecule has 0 N–H and O–H groups in total. The van der Waals surface area contributed by atoms with Gasteiger partial charge in [-0.1, -0.05) is 10.3 Å². The normalized spacial score (nSPS) is 13.7. The average molecular weight is 272 g/mol. The maximum atomic E-state index is 4.52. The molecule has 0 saturated heterocycles. The molecule has 2 aromatic carbocycles.